The molecule has 2 aromatic heterocycles. The van der Waals surface area contributed by atoms with Crippen LogP contribution in [0, 0.1) is 0 Å². The highest BCUT2D eigenvalue weighted by Gasteiger charge is 2.40. The van der Waals surface area contributed by atoms with Crippen LogP contribution in [0.4, 0.5) is 11.6 Å². The molecule has 4 aliphatic heterocycles. The van der Waals surface area contributed by atoms with E-state index in [9.17, 15) is 0 Å². The Labute approximate surface area is 314 Å². The molecule has 2 aromatic rings. The lowest BCUT2D eigenvalue weighted by Gasteiger charge is -2.44. The Kier molecular flexibility index (Phi) is 13.2. The van der Waals surface area contributed by atoms with Crippen LogP contribution in [0.5, 0.6) is 0 Å². The molecule has 0 aliphatic carbocycles. The summed E-state index contributed by atoms with van der Waals surface area (Å²) in [6.45, 7) is 33.6. The standard InChI is InChI=1S/C41H68N10O/c1-31(2)44-13-21-48(22-14-44)37-11-9-35(29-42-37)39(50-25-17-46(18-26-50)33(5)6)41(52)40(51-27-19-47(20-28-51)34(7)8)36-10-12-38(43-30-36)49-23-15-45(16-24-49)32(3)4/h9-12,29-34,39-40H,13-28H2,1-8H3. The summed E-state index contributed by atoms with van der Waals surface area (Å²) in [6, 6.07) is 10.1. The SMILES string of the molecule is CC(C)N1CCN(c2ccc(C(C(=O)C(c3ccc(N4CCN(C(C)C)CC4)nc3)N3CCN(C(C)C)CC3)N3CCN(C(C)C)CC3)cn2)CC1. The Bertz CT molecular complexity index is 1280. The van der Waals surface area contributed by atoms with Gasteiger partial charge in [-0.2, -0.15) is 0 Å². The Hall–Kier alpha value is -2.67. The fourth-order valence-electron chi connectivity index (χ4n) is 8.71. The van der Waals surface area contributed by atoms with Crippen LogP contribution in [0.2, 0.25) is 0 Å². The quantitative estimate of drug-likeness (QED) is 0.321. The van der Waals surface area contributed by atoms with Crippen molar-refractivity contribution in [3.63, 3.8) is 0 Å². The lowest BCUT2D eigenvalue weighted by Crippen LogP contribution is -2.54. The summed E-state index contributed by atoms with van der Waals surface area (Å²) in [5, 5.41) is 0. The molecule has 0 radical (unpaired) electrons. The molecular formula is C41H68N10O. The molecule has 0 bridgehead atoms. The van der Waals surface area contributed by atoms with Crippen LogP contribution in [0.3, 0.4) is 0 Å². The van der Waals surface area contributed by atoms with E-state index in [0.717, 1.165) is 127 Å². The number of hydrogen-bond donors (Lipinski definition) is 0. The number of hydrogen-bond acceptors (Lipinski definition) is 11. The molecule has 6 heterocycles. The fraction of sp³-hybridized carbons (Fsp3) is 0.732. The van der Waals surface area contributed by atoms with E-state index in [1.165, 1.54) is 0 Å². The van der Waals surface area contributed by atoms with Crippen LogP contribution >= 0.6 is 0 Å². The van der Waals surface area contributed by atoms with Gasteiger partial charge in [0.2, 0.25) is 0 Å². The van der Waals surface area contributed by atoms with Crippen molar-refractivity contribution in [1.29, 1.82) is 0 Å². The molecule has 0 amide bonds. The molecule has 2 atom stereocenters. The van der Waals surface area contributed by atoms with Crippen LogP contribution in [0.25, 0.3) is 0 Å². The summed E-state index contributed by atoms with van der Waals surface area (Å²) >= 11 is 0. The molecule has 52 heavy (non-hydrogen) atoms. The largest absolute Gasteiger partial charge is 0.354 e. The Morgan fingerprint density at radius 2 is 0.692 bits per heavy atom. The second-order valence-electron chi connectivity index (χ2n) is 16.7. The summed E-state index contributed by atoms with van der Waals surface area (Å²) in [6.07, 6.45) is 4.01. The third-order valence-electron chi connectivity index (χ3n) is 12.3. The third-order valence-corrected chi connectivity index (χ3v) is 12.3. The van der Waals surface area contributed by atoms with E-state index in [0.29, 0.717) is 24.2 Å². The summed E-state index contributed by atoms with van der Waals surface area (Å²) in [4.78, 5) is 45.3. The summed E-state index contributed by atoms with van der Waals surface area (Å²) in [5.74, 6) is 2.27. The highest BCUT2D eigenvalue weighted by Crippen LogP contribution is 2.34. The van der Waals surface area contributed by atoms with Gasteiger partial charge in [-0.15, -0.1) is 0 Å². The molecule has 0 saturated carbocycles. The van der Waals surface area contributed by atoms with Crippen molar-refractivity contribution in [1.82, 2.24) is 39.4 Å². The third kappa shape index (κ3) is 9.16. The molecule has 4 fully saturated rings. The van der Waals surface area contributed by atoms with Gasteiger partial charge in [0.05, 0.1) is 12.1 Å². The first-order valence-corrected chi connectivity index (χ1v) is 20.4. The van der Waals surface area contributed by atoms with Gasteiger partial charge < -0.3 is 9.80 Å². The lowest BCUT2D eigenvalue weighted by atomic mass is 9.91. The highest BCUT2D eigenvalue weighted by molar-refractivity contribution is 5.91. The van der Waals surface area contributed by atoms with Crippen molar-refractivity contribution in [2.75, 3.05) is 115 Å². The summed E-state index contributed by atoms with van der Waals surface area (Å²) in [7, 11) is 0. The minimum atomic E-state index is -0.370. The van der Waals surface area contributed by atoms with E-state index >= 15 is 4.79 Å². The Morgan fingerprint density at radius 3 is 0.942 bits per heavy atom. The van der Waals surface area contributed by atoms with Gasteiger partial charge in [-0.25, -0.2) is 9.97 Å². The van der Waals surface area contributed by atoms with Crippen LogP contribution in [-0.4, -0.2) is 174 Å². The Morgan fingerprint density at radius 1 is 0.423 bits per heavy atom. The first-order chi connectivity index (χ1) is 25.0. The topological polar surface area (TPSA) is 68.8 Å². The highest BCUT2D eigenvalue weighted by atomic mass is 16.1. The number of Topliss-reactive ketones (excluding diaryl/α,β-unsaturated/α-hetero) is 1. The minimum absolute atomic E-state index is 0.246. The zero-order valence-electron chi connectivity index (χ0n) is 33.6. The number of pyridine rings is 2. The van der Waals surface area contributed by atoms with Crippen molar-refractivity contribution in [3.05, 3.63) is 47.8 Å². The van der Waals surface area contributed by atoms with Gasteiger partial charge in [-0.3, -0.25) is 34.2 Å². The molecule has 11 nitrogen and oxygen atoms in total. The molecular weight excluding hydrogens is 649 g/mol. The molecule has 0 N–H and O–H groups in total. The van der Waals surface area contributed by atoms with E-state index in [1.54, 1.807) is 0 Å². The Balaban J connectivity index is 1.28. The molecule has 11 heteroatoms. The zero-order chi connectivity index (χ0) is 36.9. The monoisotopic (exact) mass is 717 g/mol. The number of anilines is 2. The van der Waals surface area contributed by atoms with Gasteiger partial charge in [0.25, 0.3) is 0 Å². The van der Waals surface area contributed by atoms with E-state index in [4.69, 9.17) is 9.97 Å². The fourth-order valence-corrected chi connectivity index (χ4v) is 8.71. The van der Waals surface area contributed by atoms with Crippen LogP contribution in [0.1, 0.15) is 78.6 Å². The van der Waals surface area contributed by atoms with Crippen LogP contribution in [0.15, 0.2) is 36.7 Å². The first kappa shape index (κ1) is 39.0. The van der Waals surface area contributed by atoms with E-state index < -0.39 is 0 Å². The number of carbonyl (C=O) groups excluding carboxylic acids is 1. The van der Waals surface area contributed by atoms with Crippen molar-refractivity contribution < 1.29 is 4.79 Å². The lowest BCUT2D eigenvalue weighted by molar-refractivity contribution is -0.132. The first-order valence-electron chi connectivity index (χ1n) is 20.4. The predicted molar refractivity (Wildman–Crippen MR) is 213 cm³/mol. The van der Waals surface area contributed by atoms with Gasteiger partial charge in [-0.1, -0.05) is 12.1 Å². The predicted octanol–water partition coefficient (Wildman–Crippen LogP) is 3.94. The van der Waals surface area contributed by atoms with Crippen molar-refractivity contribution >= 4 is 17.4 Å². The van der Waals surface area contributed by atoms with E-state index in [2.05, 4.69) is 119 Å². The maximum absolute atomic E-state index is 15.4. The zero-order valence-corrected chi connectivity index (χ0v) is 33.6. The number of nitrogens with zero attached hydrogens (tertiary/aromatic N) is 10. The van der Waals surface area contributed by atoms with Crippen LogP contribution in [-0.2, 0) is 4.79 Å². The van der Waals surface area contributed by atoms with Gasteiger partial charge in [0, 0.05) is 141 Å². The molecule has 0 aromatic carbocycles. The van der Waals surface area contributed by atoms with Crippen molar-refractivity contribution in [2.24, 2.45) is 0 Å². The van der Waals surface area contributed by atoms with Gasteiger partial charge in [-0.05, 0) is 78.6 Å². The molecule has 4 aliphatic rings. The van der Waals surface area contributed by atoms with Gasteiger partial charge in [0.1, 0.15) is 11.6 Å². The second kappa shape index (κ2) is 17.6. The van der Waals surface area contributed by atoms with E-state index in [1.807, 2.05) is 12.4 Å². The number of rotatable bonds is 12. The average molecular weight is 717 g/mol. The smallest absolute Gasteiger partial charge is 0.176 e. The molecule has 6 rings (SSSR count). The van der Waals surface area contributed by atoms with Crippen molar-refractivity contribution in [3.8, 4) is 0 Å². The molecule has 288 valence electrons. The van der Waals surface area contributed by atoms with Crippen LogP contribution < -0.4 is 9.80 Å². The maximum Gasteiger partial charge on any atom is 0.176 e. The van der Waals surface area contributed by atoms with Gasteiger partial charge >= 0.3 is 0 Å². The molecule has 0 spiro atoms. The number of piperazine rings is 4. The normalized spacial score (nSPS) is 22.6. The van der Waals surface area contributed by atoms with Crippen molar-refractivity contribution in [2.45, 2.75) is 91.6 Å². The number of ketones is 1. The second-order valence-corrected chi connectivity index (χ2v) is 16.7. The maximum atomic E-state index is 15.4. The minimum Gasteiger partial charge on any atom is -0.354 e. The molecule has 4 saturated heterocycles. The summed E-state index contributed by atoms with van der Waals surface area (Å²) < 4.78 is 0. The molecule has 2 unspecified atom stereocenters. The number of carbonyl (C=O) groups is 1. The van der Waals surface area contributed by atoms with E-state index in [-0.39, 0.29) is 17.9 Å². The van der Waals surface area contributed by atoms with Gasteiger partial charge in [0.15, 0.2) is 5.78 Å². The summed E-state index contributed by atoms with van der Waals surface area (Å²) in [5.41, 5.74) is 2.01. The average Bonchev–Trinajstić information content (AvgIpc) is 3.16. The number of aromatic nitrogens is 2.